The topological polar surface area (TPSA) is 46.1 Å². The molecule has 0 saturated carbocycles. The van der Waals surface area contributed by atoms with Gasteiger partial charge < -0.3 is 10.6 Å². The lowest BCUT2D eigenvalue weighted by atomic mass is 10.1. The fourth-order valence-electron chi connectivity index (χ4n) is 2.66. The predicted molar refractivity (Wildman–Crippen MR) is 94.7 cm³/mol. The zero-order valence-electron chi connectivity index (χ0n) is 12.3. The number of anilines is 1. The van der Waals surface area contributed by atoms with Crippen LogP contribution in [0.3, 0.4) is 0 Å². The summed E-state index contributed by atoms with van der Waals surface area (Å²) in [5, 5.41) is 6.18. The SMILES string of the molecule is O=C1N[C@@H](c2ccc(F)cc2)Nc2c1sc(=S)n2-c1ccccc1. The van der Waals surface area contributed by atoms with Crippen LogP contribution in [0.25, 0.3) is 5.69 Å². The van der Waals surface area contributed by atoms with Crippen molar-refractivity contribution >= 4 is 35.3 Å². The number of nitrogens with zero attached hydrogens (tertiary/aromatic N) is 1. The molecular formula is C17H12FN3OS2. The van der Waals surface area contributed by atoms with Crippen molar-refractivity contribution in [3.05, 3.63) is 74.8 Å². The first-order valence-electron chi connectivity index (χ1n) is 7.27. The van der Waals surface area contributed by atoms with Crippen LogP contribution in [0.1, 0.15) is 21.4 Å². The molecule has 120 valence electrons. The molecule has 4 rings (SSSR count). The number of amides is 1. The minimum absolute atomic E-state index is 0.191. The molecule has 0 radical (unpaired) electrons. The first kappa shape index (κ1) is 15.0. The van der Waals surface area contributed by atoms with Crippen LogP contribution < -0.4 is 10.6 Å². The third-order valence-corrected chi connectivity index (χ3v) is 5.16. The first-order valence-corrected chi connectivity index (χ1v) is 8.50. The number of thiazole rings is 1. The fraction of sp³-hybridized carbons (Fsp3) is 0.0588. The van der Waals surface area contributed by atoms with Crippen LogP contribution in [0.5, 0.6) is 0 Å². The summed E-state index contributed by atoms with van der Waals surface area (Å²) in [4.78, 5) is 13.0. The molecule has 3 aromatic rings. The summed E-state index contributed by atoms with van der Waals surface area (Å²) in [5.41, 5.74) is 1.66. The second-order valence-corrected chi connectivity index (χ2v) is 6.96. The normalized spacial score (nSPS) is 16.2. The molecule has 0 aliphatic carbocycles. The Balaban J connectivity index is 1.80. The molecule has 0 saturated heterocycles. The van der Waals surface area contributed by atoms with Crippen molar-refractivity contribution in [3.63, 3.8) is 0 Å². The maximum atomic E-state index is 13.1. The minimum atomic E-state index is -0.440. The number of hydrogen-bond donors (Lipinski definition) is 2. The number of para-hydroxylation sites is 1. The van der Waals surface area contributed by atoms with Crippen LogP contribution in [0, 0.1) is 9.77 Å². The number of carbonyl (C=O) groups excluding carboxylic acids is 1. The van der Waals surface area contributed by atoms with Gasteiger partial charge in [0.2, 0.25) is 0 Å². The minimum Gasteiger partial charge on any atom is -0.346 e. The molecule has 2 N–H and O–H groups in total. The summed E-state index contributed by atoms with van der Waals surface area (Å²) in [5.74, 6) is 0.155. The first-order chi connectivity index (χ1) is 11.6. The average Bonchev–Trinajstić information content (AvgIpc) is 2.93. The van der Waals surface area contributed by atoms with E-state index in [4.69, 9.17) is 12.2 Å². The van der Waals surface area contributed by atoms with E-state index in [0.717, 1.165) is 11.3 Å². The Morgan fingerprint density at radius 2 is 1.75 bits per heavy atom. The summed E-state index contributed by atoms with van der Waals surface area (Å²) in [6, 6.07) is 15.7. The van der Waals surface area contributed by atoms with E-state index in [2.05, 4.69) is 10.6 Å². The van der Waals surface area contributed by atoms with Crippen molar-refractivity contribution in [1.82, 2.24) is 9.88 Å². The molecule has 2 heterocycles. The molecule has 0 unspecified atom stereocenters. The molecule has 1 aliphatic rings. The lowest BCUT2D eigenvalue weighted by molar-refractivity contribution is 0.0939. The van der Waals surface area contributed by atoms with Gasteiger partial charge in [0.1, 0.15) is 22.7 Å². The van der Waals surface area contributed by atoms with E-state index in [1.807, 2.05) is 34.9 Å². The third-order valence-electron chi connectivity index (χ3n) is 3.79. The predicted octanol–water partition coefficient (Wildman–Crippen LogP) is 4.26. The van der Waals surface area contributed by atoms with Gasteiger partial charge in [-0.3, -0.25) is 9.36 Å². The molecular weight excluding hydrogens is 345 g/mol. The van der Waals surface area contributed by atoms with Crippen LogP contribution in [0.15, 0.2) is 54.6 Å². The maximum absolute atomic E-state index is 13.1. The number of aromatic nitrogens is 1. The quantitative estimate of drug-likeness (QED) is 0.674. The molecule has 24 heavy (non-hydrogen) atoms. The van der Waals surface area contributed by atoms with Crippen LogP contribution in [0.4, 0.5) is 10.2 Å². The molecule has 0 spiro atoms. The third kappa shape index (κ3) is 2.51. The summed E-state index contributed by atoms with van der Waals surface area (Å²) in [7, 11) is 0. The van der Waals surface area contributed by atoms with E-state index in [-0.39, 0.29) is 11.7 Å². The highest BCUT2D eigenvalue weighted by molar-refractivity contribution is 7.73. The van der Waals surface area contributed by atoms with Gasteiger partial charge in [0.05, 0.1) is 0 Å². The highest BCUT2D eigenvalue weighted by Crippen LogP contribution is 2.34. The van der Waals surface area contributed by atoms with Gasteiger partial charge in [-0.2, -0.15) is 0 Å². The van der Waals surface area contributed by atoms with E-state index in [9.17, 15) is 9.18 Å². The van der Waals surface area contributed by atoms with E-state index in [0.29, 0.717) is 14.6 Å². The molecule has 7 heteroatoms. The Morgan fingerprint density at radius 3 is 2.46 bits per heavy atom. The van der Waals surface area contributed by atoms with Gasteiger partial charge >= 0.3 is 0 Å². The molecule has 4 nitrogen and oxygen atoms in total. The molecule has 1 atom stereocenters. The number of carbonyl (C=O) groups is 1. The van der Waals surface area contributed by atoms with Gasteiger partial charge in [-0.15, -0.1) is 0 Å². The molecule has 1 aromatic heterocycles. The molecule has 1 aliphatic heterocycles. The van der Waals surface area contributed by atoms with E-state index < -0.39 is 6.17 Å². The Hall–Kier alpha value is -2.51. The number of nitrogens with one attached hydrogen (secondary N) is 2. The number of fused-ring (bicyclic) bond motifs is 1. The van der Waals surface area contributed by atoms with Crippen molar-refractivity contribution in [1.29, 1.82) is 0 Å². The van der Waals surface area contributed by atoms with Crippen molar-refractivity contribution in [2.75, 3.05) is 5.32 Å². The highest BCUT2D eigenvalue weighted by Gasteiger charge is 2.29. The van der Waals surface area contributed by atoms with E-state index in [1.54, 1.807) is 12.1 Å². The molecule has 1 amide bonds. The number of hydrogen-bond acceptors (Lipinski definition) is 4. The van der Waals surface area contributed by atoms with Crippen LogP contribution in [0.2, 0.25) is 0 Å². The smallest absolute Gasteiger partial charge is 0.267 e. The van der Waals surface area contributed by atoms with Gasteiger partial charge in [0.25, 0.3) is 5.91 Å². The Kier molecular flexibility index (Phi) is 3.66. The number of benzene rings is 2. The van der Waals surface area contributed by atoms with Crippen LogP contribution >= 0.6 is 23.6 Å². The largest absolute Gasteiger partial charge is 0.346 e. The lowest BCUT2D eigenvalue weighted by Crippen LogP contribution is -2.38. The van der Waals surface area contributed by atoms with Gasteiger partial charge in [0, 0.05) is 5.69 Å². The standard InChI is InChI=1S/C17H12FN3OS2/c18-11-8-6-10(7-9-11)14-19-15-13(16(22)20-14)24-17(23)21(15)12-4-2-1-3-5-12/h1-9,14,19H,(H,20,22)/t14-/m0/s1. The summed E-state index contributed by atoms with van der Waals surface area (Å²) < 4.78 is 15.6. The Bertz CT molecular complexity index is 964. The highest BCUT2D eigenvalue weighted by atomic mass is 32.1. The Morgan fingerprint density at radius 1 is 1.04 bits per heavy atom. The van der Waals surface area contributed by atoms with Crippen molar-refractivity contribution in [2.45, 2.75) is 6.17 Å². The van der Waals surface area contributed by atoms with Gasteiger partial charge in [-0.25, -0.2) is 4.39 Å². The second-order valence-electron chi connectivity index (χ2n) is 5.32. The van der Waals surface area contributed by atoms with E-state index >= 15 is 0 Å². The fourth-order valence-corrected chi connectivity index (χ4v) is 3.97. The number of halogens is 1. The van der Waals surface area contributed by atoms with Crippen molar-refractivity contribution in [2.24, 2.45) is 0 Å². The van der Waals surface area contributed by atoms with E-state index in [1.165, 1.54) is 23.5 Å². The van der Waals surface area contributed by atoms with Gasteiger partial charge in [-0.05, 0) is 42.0 Å². The monoisotopic (exact) mass is 357 g/mol. The lowest BCUT2D eigenvalue weighted by Gasteiger charge is -2.27. The molecule has 2 aromatic carbocycles. The average molecular weight is 357 g/mol. The van der Waals surface area contributed by atoms with Crippen molar-refractivity contribution < 1.29 is 9.18 Å². The zero-order chi connectivity index (χ0) is 16.7. The molecule has 0 fully saturated rings. The molecule has 0 bridgehead atoms. The number of rotatable bonds is 2. The van der Waals surface area contributed by atoms with Crippen LogP contribution in [-0.4, -0.2) is 10.5 Å². The zero-order valence-corrected chi connectivity index (χ0v) is 14.0. The summed E-state index contributed by atoms with van der Waals surface area (Å²) >= 11 is 6.70. The van der Waals surface area contributed by atoms with Gasteiger partial charge in [0.15, 0.2) is 3.95 Å². The second kappa shape index (κ2) is 5.85. The maximum Gasteiger partial charge on any atom is 0.267 e. The summed E-state index contributed by atoms with van der Waals surface area (Å²) in [6.07, 6.45) is -0.440. The van der Waals surface area contributed by atoms with Gasteiger partial charge in [-0.1, -0.05) is 41.7 Å². The summed E-state index contributed by atoms with van der Waals surface area (Å²) in [6.45, 7) is 0. The Labute approximate surface area is 146 Å². The van der Waals surface area contributed by atoms with Crippen molar-refractivity contribution in [3.8, 4) is 5.69 Å². The van der Waals surface area contributed by atoms with Crippen LogP contribution in [-0.2, 0) is 0 Å².